The molecule has 2 unspecified atom stereocenters. The van der Waals surface area contributed by atoms with Crippen LogP contribution in [0.4, 0.5) is 0 Å². The van der Waals surface area contributed by atoms with E-state index in [0.717, 1.165) is 23.1 Å². The van der Waals surface area contributed by atoms with Crippen LogP contribution in [0.15, 0.2) is 18.2 Å². The van der Waals surface area contributed by atoms with Crippen LogP contribution in [-0.2, 0) is 5.88 Å². The van der Waals surface area contributed by atoms with Crippen molar-refractivity contribution in [1.29, 1.82) is 0 Å². The van der Waals surface area contributed by atoms with Gasteiger partial charge in [-0.25, -0.2) is 0 Å². The van der Waals surface area contributed by atoms with Crippen LogP contribution in [-0.4, -0.2) is 6.10 Å². The van der Waals surface area contributed by atoms with Gasteiger partial charge in [-0.2, -0.15) is 0 Å². The Morgan fingerprint density at radius 1 is 1.17 bits per heavy atom. The number of benzene rings is 1. The number of hydrogen-bond acceptors (Lipinski definition) is 1. The quantitative estimate of drug-likeness (QED) is 0.705. The summed E-state index contributed by atoms with van der Waals surface area (Å²) in [4.78, 5) is 0. The van der Waals surface area contributed by atoms with Crippen molar-refractivity contribution in [1.82, 2.24) is 0 Å². The lowest BCUT2D eigenvalue weighted by molar-refractivity contribution is 0.100. The van der Waals surface area contributed by atoms with Crippen molar-refractivity contribution < 1.29 is 4.74 Å². The molecule has 0 radical (unpaired) electrons. The zero-order chi connectivity index (χ0) is 13.1. The molecule has 1 aromatic carbocycles. The third-order valence-corrected chi connectivity index (χ3v) is 4.08. The molecule has 1 aromatic rings. The van der Waals surface area contributed by atoms with Crippen molar-refractivity contribution in [3.05, 3.63) is 29.3 Å². The van der Waals surface area contributed by atoms with Crippen LogP contribution >= 0.6 is 11.6 Å². The van der Waals surface area contributed by atoms with E-state index in [4.69, 9.17) is 16.3 Å². The van der Waals surface area contributed by atoms with Crippen LogP contribution < -0.4 is 4.74 Å². The van der Waals surface area contributed by atoms with E-state index in [0.29, 0.717) is 12.0 Å². The van der Waals surface area contributed by atoms with Gasteiger partial charge in [0.05, 0.1) is 12.0 Å². The van der Waals surface area contributed by atoms with Crippen LogP contribution in [0.3, 0.4) is 0 Å². The van der Waals surface area contributed by atoms with Crippen LogP contribution in [0, 0.1) is 18.8 Å². The second-order valence-electron chi connectivity index (χ2n) is 5.90. The van der Waals surface area contributed by atoms with E-state index in [2.05, 4.69) is 39.0 Å². The topological polar surface area (TPSA) is 9.23 Å². The normalized spacial score (nSPS) is 28.1. The zero-order valence-electron chi connectivity index (χ0n) is 11.6. The van der Waals surface area contributed by atoms with E-state index in [1.54, 1.807) is 0 Å². The molecular weight excluding hydrogens is 244 g/mol. The van der Waals surface area contributed by atoms with Crippen molar-refractivity contribution in [2.24, 2.45) is 11.8 Å². The minimum atomic E-state index is 0.355. The molecule has 0 amide bonds. The molecule has 0 saturated heterocycles. The summed E-state index contributed by atoms with van der Waals surface area (Å²) in [5.74, 6) is 3.03. The number of ether oxygens (including phenoxy) is 1. The van der Waals surface area contributed by atoms with Crippen molar-refractivity contribution in [2.45, 2.75) is 52.0 Å². The Kier molecular flexibility index (Phi) is 4.55. The van der Waals surface area contributed by atoms with Gasteiger partial charge in [-0.05, 0) is 44.1 Å². The highest BCUT2D eigenvalue weighted by atomic mass is 35.5. The Morgan fingerprint density at radius 2 is 1.83 bits per heavy atom. The number of rotatable bonds is 3. The van der Waals surface area contributed by atoms with E-state index < -0.39 is 0 Å². The van der Waals surface area contributed by atoms with Gasteiger partial charge in [0.15, 0.2) is 0 Å². The first-order valence-electron chi connectivity index (χ1n) is 6.90. The summed E-state index contributed by atoms with van der Waals surface area (Å²) in [7, 11) is 0. The molecule has 0 bridgehead atoms. The third kappa shape index (κ3) is 3.41. The van der Waals surface area contributed by atoms with Crippen LogP contribution in [0.5, 0.6) is 5.75 Å². The largest absolute Gasteiger partial charge is 0.490 e. The predicted molar refractivity (Wildman–Crippen MR) is 77.3 cm³/mol. The second kappa shape index (κ2) is 5.97. The third-order valence-electron chi connectivity index (χ3n) is 3.79. The van der Waals surface area contributed by atoms with E-state index in [-0.39, 0.29) is 0 Å². The number of halogens is 1. The molecular formula is C16H23ClO. The first-order valence-corrected chi connectivity index (χ1v) is 7.44. The second-order valence-corrected chi connectivity index (χ2v) is 6.17. The summed E-state index contributed by atoms with van der Waals surface area (Å²) in [6.07, 6.45) is 4.02. The van der Waals surface area contributed by atoms with Crippen LogP contribution in [0.25, 0.3) is 0 Å². The SMILES string of the molecule is Cc1ccc(OC2CC(C)CC(C)C2)c(CCl)c1. The Balaban J connectivity index is 2.08. The predicted octanol–water partition coefficient (Wildman–Crippen LogP) is 4.94. The lowest BCUT2D eigenvalue weighted by atomic mass is 9.82. The summed E-state index contributed by atoms with van der Waals surface area (Å²) in [6, 6.07) is 6.29. The van der Waals surface area contributed by atoms with Crippen LogP contribution in [0.1, 0.15) is 44.2 Å². The summed E-state index contributed by atoms with van der Waals surface area (Å²) >= 11 is 6.00. The standard InChI is InChI=1S/C16H23ClO/c1-11-4-5-16(14(7-11)10-17)18-15-8-12(2)6-13(3)9-15/h4-5,7,12-13,15H,6,8-10H2,1-3H3. The zero-order valence-corrected chi connectivity index (χ0v) is 12.3. The average Bonchev–Trinajstić information content (AvgIpc) is 2.30. The lowest BCUT2D eigenvalue weighted by Crippen LogP contribution is -2.28. The van der Waals surface area contributed by atoms with Gasteiger partial charge in [0.25, 0.3) is 0 Å². The minimum absolute atomic E-state index is 0.355. The fourth-order valence-corrected chi connectivity index (χ4v) is 3.29. The molecule has 100 valence electrons. The van der Waals surface area contributed by atoms with Gasteiger partial charge in [-0.15, -0.1) is 11.6 Å². The number of hydrogen-bond donors (Lipinski definition) is 0. The summed E-state index contributed by atoms with van der Waals surface area (Å²) < 4.78 is 6.19. The minimum Gasteiger partial charge on any atom is -0.490 e. The molecule has 2 heteroatoms. The first kappa shape index (κ1) is 13.7. The molecule has 2 atom stereocenters. The molecule has 1 saturated carbocycles. The van der Waals surface area contributed by atoms with E-state index in [1.807, 2.05) is 0 Å². The van der Waals surface area contributed by atoms with Gasteiger partial charge >= 0.3 is 0 Å². The monoisotopic (exact) mass is 266 g/mol. The highest BCUT2D eigenvalue weighted by Crippen LogP contribution is 2.32. The molecule has 1 fully saturated rings. The molecule has 0 aliphatic heterocycles. The lowest BCUT2D eigenvalue weighted by Gasteiger charge is -2.32. The molecule has 0 N–H and O–H groups in total. The maximum absolute atomic E-state index is 6.19. The Hall–Kier alpha value is -0.690. The molecule has 1 nitrogen and oxygen atoms in total. The first-order chi connectivity index (χ1) is 8.58. The molecule has 1 aliphatic rings. The van der Waals surface area contributed by atoms with E-state index >= 15 is 0 Å². The van der Waals surface area contributed by atoms with E-state index in [1.165, 1.54) is 24.8 Å². The Labute approximate surface area is 115 Å². The van der Waals surface area contributed by atoms with Crippen molar-refractivity contribution >= 4 is 11.6 Å². The van der Waals surface area contributed by atoms with Gasteiger partial charge in [0, 0.05) is 5.56 Å². The molecule has 0 aromatic heterocycles. The maximum atomic E-state index is 6.19. The van der Waals surface area contributed by atoms with Gasteiger partial charge in [0.2, 0.25) is 0 Å². The fourth-order valence-electron chi connectivity index (χ4n) is 3.08. The molecule has 18 heavy (non-hydrogen) atoms. The summed E-state index contributed by atoms with van der Waals surface area (Å²) in [5, 5.41) is 0. The fraction of sp³-hybridized carbons (Fsp3) is 0.625. The van der Waals surface area contributed by atoms with Crippen molar-refractivity contribution in [2.75, 3.05) is 0 Å². The Bertz CT molecular complexity index is 392. The van der Waals surface area contributed by atoms with Crippen molar-refractivity contribution in [3.63, 3.8) is 0 Å². The average molecular weight is 267 g/mol. The summed E-state index contributed by atoms with van der Waals surface area (Å²) in [6.45, 7) is 6.73. The van der Waals surface area contributed by atoms with E-state index in [9.17, 15) is 0 Å². The number of alkyl halides is 1. The highest BCUT2D eigenvalue weighted by molar-refractivity contribution is 6.17. The Morgan fingerprint density at radius 3 is 2.44 bits per heavy atom. The molecule has 0 heterocycles. The molecule has 0 spiro atoms. The van der Waals surface area contributed by atoms with Gasteiger partial charge in [0.1, 0.15) is 5.75 Å². The van der Waals surface area contributed by atoms with Crippen molar-refractivity contribution in [3.8, 4) is 5.75 Å². The maximum Gasteiger partial charge on any atom is 0.124 e. The summed E-state index contributed by atoms with van der Waals surface area (Å²) in [5.41, 5.74) is 2.35. The molecule has 1 aliphatic carbocycles. The highest BCUT2D eigenvalue weighted by Gasteiger charge is 2.25. The number of aryl methyl sites for hydroxylation is 1. The smallest absolute Gasteiger partial charge is 0.124 e. The van der Waals surface area contributed by atoms with Crippen LogP contribution in [0.2, 0.25) is 0 Å². The molecule has 2 rings (SSSR count). The van der Waals surface area contributed by atoms with Gasteiger partial charge in [-0.3, -0.25) is 0 Å². The van der Waals surface area contributed by atoms with Gasteiger partial charge in [-0.1, -0.05) is 31.5 Å². The van der Waals surface area contributed by atoms with Gasteiger partial charge < -0.3 is 4.74 Å².